The van der Waals surface area contributed by atoms with Gasteiger partial charge in [-0.25, -0.2) is 0 Å². The van der Waals surface area contributed by atoms with Crippen LogP contribution >= 0.6 is 0 Å². The molecule has 0 rings (SSSR count). The monoisotopic (exact) mass is 201 g/mol. The summed E-state index contributed by atoms with van der Waals surface area (Å²) in [6.45, 7) is 0.917. The van der Waals surface area contributed by atoms with Gasteiger partial charge in [-0.2, -0.15) is 13.8 Å². The fourth-order valence-corrected chi connectivity index (χ4v) is 0. The Kier molecular flexibility index (Phi) is 31.2. The first kappa shape index (κ1) is 16.0. The van der Waals surface area contributed by atoms with E-state index in [1.165, 1.54) is 0 Å². The molecule has 0 aromatic rings. The van der Waals surface area contributed by atoms with Gasteiger partial charge < -0.3 is 19.6 Å². The van der Waals surface area contributed by atoms with Gasteiger partial charge in [0.15, 0.2) is 6.68 Å². The molecule has 0 bridgehead atoms. The third-order valence-electron chi connectivity index (χ3n) is 0. The molecule has 0 fully saturated rings. The molecule has 0 saturated heterocycles. The second kappa shape index (κ2) is 15.7. The van der Waals surface area contributed by atoms with Gasteiger partial charge in [0, 0.05) is 32.7 Å². The molecule has 49 valence electrons. The maximum absolute atomic E-state index is 9.58. The molecule has 0 aromatic carbocycles. The van der Waals surface area contributed by atoms with Crippen molar-refractivity contribution in [1.29, 1.82) is 0 Å². The molecule has 0 aromatic heterocycles. The standard InChI is InChI=1S/C3H7.CF3.Y/c1-3-2;2-1(3)4;/h3H,1-2H3;;/q2*-1;. The van der Waals surface area contributed by atoms with Crippen LogP contribution < -0.4 is 0 Å². The summed E-state index contributed by atoms with van der Waals surface area (Å²) in [6.07, 6.45) is 2.00. The van der Waals surface area contributed by atoms with E-state index in [2.05, 4.69) is 0 Å². The minimum atomic E-state index is -3.08. The van der Waals surface area contributed by atoms with Crippen molar-refractivity contribution in [3.8, 4) is 0 Å². The second-order valence-corrected chi connectivity index (χ2v) is 0.792. The fraction of sp³-hybridized carbons (Fsp3) is 0.500. The van der Waals surface area contributed by atoms with E-state index in [1.54, 1.807) is 0 Å². The smallest absolute Gasteiger partial charge is 0.154 e. The molecule has 0 atom stereocenters. The Balaban J connectivity index is -0.0000000575. The normalized spacial score (nSPS) is 6.75. The Bertz CT molecular complexity index is 22.5. The van der Waals surface area contributed by atoms with Crippen LogP contribution in [0.4, 0.5) is 13.2 Å². The van der Waals surface area contributed by atoms with Gasteiger partial charge in [-0.3, -0.25) is 0 Å². The number of hydrogen-bond acceptors (Lipinski definition) is 0. The van der Waals surface area contributed by atoms with Crippen LogP contribution in [0.3, 0.4) is 0 Å². The maximum Gasteiger partial charge on any atom is 0.154 e. The van der Waals surface area contributed by atoms with Crippen molar-refractivity contribution in [3.05, 3.63) is 13.1 Å². The van der Waals surface area contributed by atoms with E-state index in [-0.39, 0.29) is 32.7 Å². The molecular weight excluding hydrogens is 194 g/mol. The van der Waals surface area contributed by atoms with E-state index in [1.807, 2.05) is 20.3 Å². The zero-order valence-electron chi connectivity index (χ0n) is 4.79. The van der Waals surface area contributed by atoms with E-state index in [0.717, 1.165) is 0 Å². The Morgan fingerprint density at radius 3 is 1.12 bits per heavy atom. The van der Waals surface area contributed by atoms with Crippen molar-refractivity contribution in [2.45, 2.75) is 13.8 Å². The van der Waals surface area contributed by atoms with Crippen LogP contribution in [0.2, 0.25) is 0 Å². The predicted molar refractivity (Wildman–Crippen MR) is 22.2 cm³/mol. The first-order chi connectivity index (χ1) is 3.15. The van der Waals surface area contributed by atoms with Crippen molar-refractivity contribution >= 4 is 0 Å². The van der Waals surface area contributed by atoms with E-state index >= 15 is 0 Å². The average Bonchev–Trinajstić information content (AvgIpc) is 1.33. The largest absolute Gasteiger partial charge is 0.385 e. The summed E-state index contributed by atoms with van der Waals surface area (Å²) in [5, 5.41) is 0. The first-order valence-electron chi connectivity index (χ1n) is 1.72. The molecule has 0 amide bonds. The van der Waals surface area contributed by atoms with Gasteiger partial charge >= 0.3 is 0 Å². The van der Waals surface area contributed by atoms with Crippen molar-refractivity contribution in [3.63, 3.8) is 0 Å². The fourth-order valence-electron chi connectivity index (χ4n) is 0. The summed E-state index contributed by atoms with van der Waals surface area (Å²) in [7, 11) is 0. The molecule has 8 heavy (non-hydrogen) atoms. The number of halogens is 3. The summed E-state index contributed by atoms with van der Waals surface area (Å²) in [5.41, 5.74) is 0. The van der Waals surface area contributed by atoms with Crippen molar-refractivity contribution in [2.24, 2.45) is 0 Å². The quantitative estimate of drug-likeness (QED) is 0.528. The van der Waals surface area contributed by atoms with Gasteiger partial charge in [0.25, 0.3) is 0 Å². The minimum Gasteiger partial charge on any atom is -0.385 e. The van der Waals surface area contributed by atoms with Crippen molar-refractivity contribution in [2.75, 3.05) is 0 Å². The summed E-state index contributed by atoms with van der Waals surface area (Å²) in [6, 6.07) is 0. The molecule has 0 unspecified atom stereocenters. The molecule has 0 saturated carbocycles. The Labute approximate surface area is 72.7 Å². The third-order valence-corrected chi connectivity index (χ3v) is 0. The molecule has 0 heterocycles. The number of rotatable bonds is 0. The number of hydrogen-bond donors (Lipinski definition) is 0. The Morgan fingerprint density at radius 2 is 1.12 bits per heavy atom. The van der Waals surface area contributed by atoms with Crippen LogP contribution in [-0.2, 0) is 32.7 Å². The minimum absolute atomic E-state index is 0. The summed E-state index contributed by atoms with van der Waals surface area (Å²) >= 11 is 0. The summed E-state index contributed by atoms with van der Waals surface area (Å²) < 4.78 is 28.8. The van der Waals surface area contributed by atoms with Crippen LogP contribution in [0.15, 0.2) is 0 Å². The zero-order valence-corrected chi connectivity index (χ0v) is 7.63. The second-order valence-electron chi connectivity index (χ2n) is 0.792. The molecule has 0 aliphatic heterocycles. The Morgan fingerprint density at radius 1 is 1.12 bits per heavy atom. The van der Waals surface area contributed by atoms with E-state index in [4.69, 9.17) is 0 Å². The molecule has 1 radical (unpaired) electrons. The van der Waals surface area contributed by atoms with Crippen LogP contribution in [-0.4, -0.2) is 0 Å². The molecule has 0 spiro atoms. The van der Waals surface area contributed by atoms with E-state index in [9.17, 15) is 13.2 Å². The average molecular weight is 201 g/mol. The SMILES string of the molecule is C[CH-]C.F[C-](F)F.[Y]. The maximum atomic E-state index is 9.58. The molecule has 0 N–H and O–H groups in total. The summed E-state index contributed by atoms with van der Waals surface area (Å²) in [5.74, 6) is 0. The molecular formula is C4H7F3Y-2. The van der Waals surface area contributed by atoms with Crippen LogP contribution in [0.25, 0.3) is 0 Å². The predicted octanol–water partition coefficient (Wildman–Crippen LogP) is 2.57. The van der Waals surface area contributed by atoms with Gasteiger partial charge in [0.05, 0.1) is 0 Å². The molecule has 0 nitrogen and oxygen atoms in total. The van der Waals surface area contributed by atoms with Gasteiger partial charge in [0.2, 0.25) is 0 Å². The van der Waals surface area contributed by atoms with Gasteiger partial charge in [0.1, 0.15) is 0 Å². The van der Waals surface area contributed by atoms with Gasteiger partial charge in [-0.1, -0.05) is 0 Å². The van der Waals surface area contributed by atoms with Crippen molar-refractivity contribution < 1.29 is 45.9 Å². The topological polar surface area (TPSA) is 0 Å². The van der Waals surface area contributed by atoms with Crippen LogP contribution in [0, 0.1) is 13.1 Å². The zero-order chi connectivity index (χ0) is 6.28. The molecule has 0 aliphatic rings. The Hall–Kier alpha value is 0.894. The molecule has 0 aliphatic carbocycles. The summed E-state index contributed by atoms with van der Waals surface area (Å²) in [4.78, 5) is 0. The molecule has 4 heteroatoms. The van der Waals surface area contributed by atoms with E-state index < -0.39 is 6.68 Å². The van der Waals surface area contributed by atoms with Gasteiger partial charge in [-0.15, -0.1) is 0 Å². The van der Waals surface area contributed by atoms with Gasteiger partial charge in [-0.05, 0) is 0 Å². The third kappa shape index (κ3) is 300. The van der Waals surface area contributed by atoms with Crippen LogP contribution in [0.1, 0.15) is 13.8 Å². The van der Waals surface area contributed by atoms with Crippen LogP contribution in [0.5, 0.6) is 0 Å². The first-order valence-corrected chi connectivity index (χ1v) is 1.72. The van der Waals surface area contributed by atoms with Crippen molar-refractivity contribution in [1.82, 2.24) is 0 Å². The van der Waals surface area contributed by atoms with E-state index in [0.29, 0.717) is 0 Å².